The largest absolute Gasteiger partial charge is 0.481 e. The first-order valence-electron chi connectivity index (χ1n) is 7.92. The number of hydrogen-bond donors (Lipinski definition) is 2. The number of aliphatic carboxylic acids is 1. The van der Waals surface area contributed by atoms with Gasteiger partial charge < -0.3 is 10.4 Å². The van der Waals surface area contributed by atoms with Crippen molar-refractivity contribution in [2.24, 2.45) is 11.3 Å². The molecule has 0 heterocycles. The van der Waals surface area contributed by atoms with Gasteiger partial charge in [0.15, 0.2) is 17.5 Å². The first-order chi connectivity index (χ1) is 11.3. The number of hydrogen-bond acceptors (Lipinski definition) is 2. The van der Waals surface area contributed by atoms with Crippen LogP contribution in [-0.4, -0.2) is 17.0 Å². The van der Waals surface area contributed by atoms with Crippen molar-refractivity contribution in [1.82, 2.24) is 0 Å². The van der Waals surface area contributed by atoms with Gasteiger partial charge in [-0.3, -0.25) is 9.59 Å². The van der Waals surface area contributed by atoms with E-state index in [1.54, 1.807) is 0 Å². The fourth-order valence-corrected chi connectivity index (χ4v) is 3.35. The molecular weight excluding hydrogens is 323 g/mol. The zero-order valence-electron chi connectivity index (χ0n) is 13.4. The van der Waals surface area contributed by atoms with Gasteiger partial charge in [0.05, 0.1) is 17.5 Å². The van der Waals surface area contributed by atoms with Crippen molar-refractivity contribution in [3.8, 4) is 0 Å². The van der Waals surface area contributed by atoms with Gasteiger partial charge in [-0.25, -0.2) is 13.2 Å². The van der Waals surface area contributed by atoms with Crippen LogP contribution in [0.5, 0.6) is 0 Å². The van der Waals surface area contributed by atoms with Crippen molar-refractivity contribution in [2.75, 3.05) is 5.32 Å². The lowest BCUT2D eigenvalue weighted by Gasteiger charge is -2.37. The maximum atomic E-state index is 13.8. The molecule has 0 radical (unpaired) electrons. The van der Waals surface area contributed by atoms with Gasteiger partial charge in [-0.1, -0.05) is 19.3 Å². The predicted molar refractivity (Wildman–Crippen MR) is 81.9 cm³/mol. The molecule has 0 saturated heterocycles. The summed E-state index contributed by atoms with van der Waals surface area (Å²) < 4.78 is 40.1. The number of rotatable bonds is 5. The first kappa shape index (κ1) is 18.3. The van der Waals surface area contributed by atoms with E-state index in [1.165, 1.54) is 6.92 Å². The van der Waals surface area contributed by atoms with Crippen molar-refractivity contribution < 1.29 is 27.9 Å². The summed E-state index contributed by atoms with van der Waals surface area (Å²) >= 11 is 0. The molecule has 1 fully saturated rings. The minimum absolute atomic E-state index is 0.157. The lowest BCUT2D eigenvalue weighted by Crippen LogP contribution is -2.42. The summed E-state index contributed by atoms with van der Waals surface area (Å²) in [5.41, 5.74) is -1.74. The number of amides is 1. The van der Waals surface area contributed by atoms with Crippen LogP contribution in [-0.2, 0) is 9.59 Å². The Kier molecular flexibility index (Phi) is 5.51. The zero-order valence-corrected chi connectivity index (χ0v) is 13.4. The van der Waals surface area contributed by atoms with Crippen LogP contribution in [0.25, 0.3) is 0 Å². The van der Waals surface area contributed by atoms with Crippen molar-refractivity contribution >= 4 is 17.6 Å². The van der Waals surface area contributed by atoms with E-state index in [9.17, 15) is 22.8 Å². The standard InChI is InChI=1S/C17H20F3NO3/c1-17(9-13(22)23,10-5-3-2-4-6-10)16(24)21-12-8-7-11(18)14(19)15(12)20/h7-8,10H,2-6,9H2,1H3,(H,21,24)(H,22,23). The second-order valence-electron chi connectivity index (χ2n) is 6.50. The van der Waals surface area contributed by atoms with Crippen LogP contribution >= 0.6 is 0 Å². The molecule has 132 valence electrons. The van der Waals surface area contributed by atoms with Gasteiger partial charge >= 0.3 is 5.97 Å². The molecule has 2 N–H and O–H groups in total. The van der Waals surface area contributed by atoms with Crippen molar-refractivity contribution in [1.29, 1.82) is 0 Å². The molecule has 2 rings (SSSR count). The lowest BCUT2D eigenvalue weighted by molar-refractivity contribution is -0.145. The summed E-state index contributed by atoms with van der Waals surface area (Å²) in [5, 5.41) is 11.4. The monoisotopic (exact) mass is 343 g/mol. The molecule has 0 aromatic heterocycles. The van der Waals surface area contributed by atoms with Gasteiger partial charge in [-0.05, 0) is 37.8 Å². The highest BCUT2D eigenvalue weighted by Gasteiger charge is 2.43. The Hall–Kier alpha value is -2.05. The average Bonchev–Trinajstić information content (AvgIpc) is 2.55. The minimum Gasteiger partial charge on any atom is -0.481 e. The van der Waals surface area contributed by atoms with E-state index in [0.717, 1.165) is 25.3 Å². The maximum absolute atomic E-state index is 13.8. The zero-order chi connectivity index (χ0) is 17.9. The second kappa shape index (κ2) is 7.23. The third-order valence-electron chi connectivity index (χ3n) is 4.83. The second-order valence-corrected chi connectivity index (χ2v) is 6.50. The third kappa shape index (κ3) is 3.71. The molecule has 0 spiro atoms. The van der Waals surface area contributed by atoms with E-state index in [1.807, 2.05) is 0 Å². The number of halogens is 3. The molecule has 1 saturated carbocycles. The molecular formula is C17H20F3NO3. The van der Waals surface area contributed by atoms with Gasteiger partial charge in [-0.2, -0.15) is 0 Å². The molecule has 1 aliphatic rings. The summed E-state index contributed by atoms with van der Waals surface area (Å²) in [5.74, 6) is -6.51. The predicted octanol–water partition coefficient (Wildman–Crippen LogP) is 4.10. The molecule has 4 nitrogen and oxygen atoms in total. The summed E-state index contributed by atoms with van der Waals surface area (Å²) in [6.07, 6.45) is 3.82. The van der Waals surface area contributed by atoms with Crippen LogP contribution in [0, 0.1) is 28.8 Å². The van der Waals surface area contributed by atoms with E-state index in [2.05, 4.69) is 5.32 Å². The van der Waals surface area contributed by atoms with Crippen LogP contribution in [0.4, 0.5) is 18.9 Å². The molecule has 24 heavy (non-hydrogen) atoms. The fourth-order valence-electron chi connectivity index (χ4n) is 3.35. The number of carboxylic acids is 1. The smallest absolute Gasteiger partial charge is 0.304 e. The molecule has 1 unspecified atom stereocenters. The Labute approximate surface area is 138 Å². The molecule has 1 aliphatic carbocycles. The van der Waals surface area contributed by atoms with Gasteiger partial charge in [-0.15, -0.1) is 0 Å². The number of benzene rings is 1. The number of carbonyl (C=O) groups excluding carboxylic acids is 1. The van der Waals surface area contributed by atoms with Gasteiger partial charge in [0.1, 0.15) is 0 Å². The number of anilines is 1. The third-order valence-corrected chi connectivity index (χ3v) is 4.83. The van der Waals surface area contributed by atoms with E-state index >= 15 is 0 Å². The summed E-state index contributed by atoms with van der Waals surface area (Å²) in [6.45, 7) is 1.53. The van der Waals surface area contributed by atoms with Gasteiger partial charge in [0, 0.05) is 0 Å². The molecule has 1 atom stereocenters. The van der Waals surface area contributed by atoms with Crippen LogP contribution in [0.2, 0.25) is 0 Å². The summed E-state index contributed by atoms with van der Waals surface area (Å²) in [4.78, 5) is 23.9. The van der Waals surface area contributed by atoms with Crippen molar-refractivity contribution in [3.05, 3.63) is 29.6 Å². The van der Waals surface area contributed by atoms with Crippen molar-refractivity contribution in [3.63, 3.8) is 0 Å². The highest BCUT2D eigenvalue weighted by atomic mass is 19.2. The quantitative estimate of drug-likeness (QED) is 0.791. The molecule has 1 amide bonds. The Morgan fingerprint density at radius 1 is 1.17 bits per heavy atom. The Morgan fingerprint density at radius 2 is 1.79 bits per heavy atom. The average molecular weight is 343 g/mol. The van der Waals surface area contributed by atoms with Crippen LogP contribution in [0.3, 0.4) is 0 Å². The van der Waals surface area contributed by atoms with Crippen molar-refractivity contribution in [2.45, 2.75) is 45.4 Å². The Balaban J connectivity index is 2.28. The summed E-state index contributed by atoms with van der Waals surface area (Å²) in [6, 6.07) is 1.64. The SMILES string of the molecule is CC(CC(=O)O)(C(=O)Nc1ccc(F)c(F)c1F)C1CCCCC1. The van der Waals surface area contributed by atoms with E-state index in [0.29, 0.717) is 18.9 Å². The van der Waals surface area contributed by atoms with Crippen LogP contribution < -0.4 is 5.32 Å². The molecule has 7 heteroatoms. The first-order valence-corrected chi connectivity index (χ1v) is 7.92. The van der Waals surface area contributed by atoms with E-state index < -0.39 is 46.9 Å². The lowest BCUT2D eigenvalue weighted by atomic mass is 9.67. The number of nitrogens with one attached hydrogen (secondary N) is 1. The van der Waals surface area contributed by atoms with Gasteiger partial charge in [0.2, 0.25) is 5.91 Å². The molecule has 1 aromatic rings. The minimum atomic E-state index is -1.68. The van der Waals surface area contributed by atoms with Crippen LogP contribution in [0.15, 0.2) is 12.1 Å². The van der Waals surface area contributed by atoms with Gasteiger partial charge in [0.25, 0.3) is 0 Å². The maximum Gasteiger partial charge on any atom is 0.304 e. The highest BCUT2D eigenvalue weighted by molar-refractivity contribution is 5.97. The summed E-state index contributed by atoms with van der Waals surface area (Å²) in [7, 11) is 0. The number of carboxylic acid groups (broad SMARTS) is 1. The number of carbonyl (C=O) groups is 2. The Morgan fingerprint density at radius 3 is 2.38 bits per heavy atom. The topological polar surface area (TPSA) is 66.4 Å². The fraction of sp³-hybridized carbons (Fsp3) is 0.529. The molecule has 1 aromatic carbocycles. The highest BCUT2D eigenvalue weighted by Crippen LogP contribution is 2.42. The Bertz CT molecular complexity index is 644. The molecule has 0 aliphatic heterocycles. The van der Waals surface area contributed by atoms with E-state index in [-0.39, 0.29) is 5.92 Å². The van der Waals surface area contributed by atoms with E-state index in [4.69, 9.17) is 5.11 Å². The normalized spacial score (nSPS) is 18.0. The van der Waals surface area contributed by atoms with Crippen LogP contribution in [0.1, 0.15) is 45.4 Å². The molecule has 0 bridgehead atoms.